The van der Waals surface area contributed by atoms with Crippen molar-refractivity contribution in [2.75, 3.05) is 20.3 Å². The van der Waals surface area contributed by atoms with Crippen molar-refractivity contribution in [2.24, 2.45) is 17.2 Å². The van der Waals surface area contributed by atoms with Crippen LogP contribution in [-0.2, 0) is 23.7 Å². The maximum atomic E-state index is 11.6. The number of carbonyl (C=O) groups is 1. The second-order valence-corrected chi connectivity index (χ2v) is 9.09. The molecular formula is C21H44N4O11. The Labute approximate surface area is 210 Å². The fraction of sp³-hybridized carbons (Fsp3) is 0.952. The molecule has 0 aromatic rings. The number of hydrogen-bond donors (Lipinski definition) is 10. The second-order valence-electron chi connectivity index (χ2n) is 9.09. The van der Waals surface area contributed by atoms with E-state index in [-0.39, 0.29) is 13.0 Å². The Morgan fingerprint density at radius 3 is 2.14 bits per heavy atom. The predicted molar refractivity (Wildman–Crippen MR) is 125 cm³/mol. The highest BCUT2D eigenvalue weighted by Crippen LogP contribution is 2.28. The average molecular weight is 529 g/mol. The second kappa shape index (κ2) is 15.4. The quantitative estimate of drug-likeness (QED) is 0.0890. The number of aliphatic hydroxyl groups is 6. The predicted octanol–water partition coefficient (Wildman–Crippen LogP) is -5.20. The Hall–Kier alpha value is -1.05. The molecule has 214 valence electrons. The van der Waals surface area contributed by atoms with Gasteiger partial charge in [-0.3, -0.25) is 4.79 Å². The molecule has 0 aliphatic heterocycles. The Morgan fingerprint density at radius 1 is 1.11 bits per heavy atom. The molecule has 0 heterocycles. The third kappa shape index (κ3) is 9.05. The van der Waals surface area contributed by atoms with E-state index in [1.54, 1.807) is 0 Å². The Bertz CT molecular complexity index is 635. The summed E-state index contributed by atoms with van der Waals surface area (Å²) in [6, 6.07) is -3.00. The minimum Gasteiger partial charge on any atom is -0.395 e. The van der Waals surface area contributed by atoms with Crippen molar-refractivity contribution in [3.05, 3.63) is 0 Å². The Morgan fingerprint density at radius 2 is 1.69 bits per heavy atom. The average Bonchev–Trinajstić information content (AvgIpc) is 2.80. The maximum absolute atomic E-state index is 11.6. The van der Waals surface area contributed by atoms with Gasteiger partial charge < -0.3 is 72.1 Å². The molecule has 15 heteroatoms. The Kier molecular flexibility index (Phi) is 14.1. The SMILES string of the molecule is COC(CN)C(O)C(O)OC1C(O)C(NC(C)=O)CC(N)C1OC(OC([C@H](C)O)[C@@H](C)O)[C@@H](N)CO. The largest absolute Gasteiger partial charge is 0.395 e. The summed E-state index contributed by atoms with van der Waals surface area (Å²) < 4.78 is 22.2. The van der Waals surface area contributed by atoms with Gasteiger partial charge in [-0.2, -0.15) is 0 Å². The highest BCUT2D eigenvalue weighted by Gasteiger charge is 2.48. The van der Waals surface area contributed by atoms with E-state index in [2.05, 4.69) is 5.32 Å². The summed E-state index contributed by atoms with van der Waals surface area (Å²) in [5.41, 5.74) is 17.8. The van der Waals surface area contributed by atoms with E-state index in [9.17, 15) is 35.4 Å². The van der Waals surface area contributed by atoms with Crippen LogP contribution in [-0.4, -0.2) is 136 Å². The minimum atomic E-state index is -1.92. The first-order valence-corrected chi connectivity index (χ1v) is 11.8. The van der Waals surface area contributed by atoms with Crippen LogP contribution in [0.1, 0.15) is 27.2 Å². The number of nitrogens with two attached hydrogens (primary N) is 3. The van der Waals surface area contributed by atoms with Gasteiger partial charge in [0, 0.05) is 26.6 Å². The molecule has 15 nitrogen and oxygen atoms in total. The molecule has 13 N–H and O–H groups in total. The van der Waals surface area contributed by atoms with Crippen LogP contribution in [0.4, 0.5) is 0 Å². The lowest BCUT2D eigenvalue weighted by molar-refractivity contribution is -0.295. The first-order chi connectivity index (χ1) is 16.8. The summed E-state index contributed by atoms with van der Waals surface area (Å²) in [6.07, 6.45) is -13.6. The van der Waals surface area contributed by atoms with E-state index < -0.39 is 92.1 Å². The molecule has 36 heavy (non-hydrogen) atoms. The summed E-state index contributed by atoms with van der Waals surface area (Å²) in [6.45, 7) is 3.23. The maximum Gasteiger partial charge on any atom is 0.217 e. The monoisotopic (exact) mass is 528 g/mol. The molecule has 1 aliphatic rings. The number of carbonyl (C=O) groups excluding carboxylic acids is 1. The van der Waals surface area contributed by atoms with E-state index >= 15 is 0 Å². The number of amides is 1. The topological polar surface area (TPSA) is 265 Å². The van der Waals surface area contributed by atoms with Crippen LogP contribution in [0.3, 0.4) is 0 Å². The molecule has 1 saturated carbocycles. The third-order valence-corrected chi connectivity index (χ3v) is 6.01. The Balaban J connectivity index is 3.29. The first-order valence-electron chi connectivity index (χ1n) is 11.8. The number of rotatable bonds is 15. The third-order valence-electron chi connectivity index (χ3n) is 6.01. The van der Waals surface area contributed by atoms with Crippen molar-refractivity contribution < 1.29 is 54.4 Å². The lowest BCUT2D eigenvalue weighted by atomic mass is 9.83. The molecule has 1 aliphatic carbocycles. The molecule has 13 atom stereocenters. The van der Waals surface area contributed by atoms with E-state index in [1.807, 2.05) is 0 Å². The van der Waals surface area contributed by atoms with E-state index in [0.717, 1.165) is 0 Å². The van der Waals surface area contributed by atoms with Crippen molar-refractivity contribution in [3.63, 3.8) is 0 Å². The number of ether oxygens (including phenoxy) is 4. The number of hydrogen-bond acceptors (Lipinski definition) is 14. The fourth-order valence-electron chi connectivity index (χ4n) is 4.04. The molecule has 0 aromatic carbocycles. The summed E-state index contributed by atoms with van der Waals surface area (Å²) in [5.74, 6) is -0.451. The van der Waals surface area contributed by atoms with Gasteiger partial charge in [0.2, 0.25) is 5.91 Å². The van der Waals surface area contributed by atoms with E-state index in [4.69, 9.17) is 36.1 Å². The summed E-state index contributed by atoms with van der Waals surface area (Å²) >= 11 is 0. The normalized spacial score (nSPS) is 31.5. The molecule has 0 aromatic heterocycles. The summed E-state index contributed by atoms with van der Waals surface area (Å²) in [5, 5.41) is 64.0. The molecule has 0 spiro atoms. The molecule has 1 amide bonds. The van der Waals surface area contributed by atoms with Crippen molar-refractivity contribution in [1.29, 1.82) is 0 Å². The highest BCUT2D eigenvalue weighted by molar-refractivity contribution is 5.73. The van der Waals surface area contributed by atoms with Crippen molar-refractivity contribution >= 4 is 5.91 Å². The van der Waals surface area contributed by atoms with Gasteiger partial charge in [0.05, 0.1) is 30.9 Å². The van der Waals surface area contributed by atoms with Crippen LogP contribution in [0.25, 0.3) is 0 Å². The first kappa shape index (κ1) is 33.0. The van der Waals surface area contributed by atoms with Crippen LogP contribution in [0.5, 0.6) is 0 Å². The minimum absolute atomic E-state index is 0.0186. The zero-order valence-electron chi connectivity index (χ0n) is 21.1. The zero-order valence-corrected chi connectivity index (χ0v) is 21.1. The van der Waals surface area contributed by atoms with Gasteiger partial charge >= 0.3 is 0 Å². The van der Waals surface area contributed by atoms with Gasteiger partial charge in [-0.1, -0.05) is 0 Å². The summed E-state index contributed by atoms with van der Waals surface area (Å²) in [4.78, 5) is 11.6. The van der Waals surface area contributed by atoms with Crippen molar-refractivity contribution in [1.82, 2.24) is 5.32 Å². The van der Waals surface area contributed by atoms with Gasteiger partial charge in [0.1, 0.15) is 36.6 Å². The van der Waals surface area contributed by atoms with Gasteiger partial charge in [0.25, 0.3) is 0 Å². The van der Waals surface area contributed by atoms with Crippen LogP contribution in [0.15, 0.2) is 0 Å². The van der Waals surface area contributed by atoms with Gasteiger partial charge in [-0.15, -0.1) is 0 Å². The standard InChI is InChI=1S/C21H44N4O11/c1-8(27)17(9(2)28)35-21(12(24)7-26)36-18-11(23)5-13(25-10(3)29)15(30)19(18)34-20(32)16(31)14(6-22)33-4/h8-9,11-21,26-28,30-32H,5-7,22-24H2,1-4H3,(H,25,29)/t8-,9+,11?,12-,13?,14?,15?,16?,17?,18?,19?,20?,21?/m0/s1. The number of methoxy groups -OCH3 is 1. The smallest absolute Gasteiger partial charge is 0.217 e. The van der Waals surface area contributed by atoms with Crippen LogP contribution < -0.4 is 22.5 Å². The molecule has 1 fully saturated rings. The van der Waals surface area contributed by atoms with Gasteiger partial charge in [-0.25, -0.2) is 0 Å². The molecule has 0 saturated heterocycles. The van der Waals surface area contributed by atoms with Crippen molar-refractivity contribution in [3.8, 4) is 0 Å². The lowest BCUT2D eigenvalue weighted by Crippen LogP contribution is -2.66. The molecule has 1 rings (SSSR count). The number of aliphatic hydroxyl groups excluding tert-OH is 6. The molecule has 0 radical (unpaired) electrons. The van der Waals surface area contributed by atoms with Crippen LogP contribution in [0, 0.1) is 0 Å². The van der Waals surface area contributed by atoms with Crippen molar-refractivity contribution in [2.45, 2.75) is 107 Å². The highest BCUT2D eigenvalue weighted by atomic mass is 16.7. The molecule has 0 bridgehead atoms. The van der Waals surface area contributed by atoms with Crippen LogP contribution >= 0.6 is 0 Å². The van der Waals surface area contributed by atoms with E-state index in [0.29, 0.717) is 0 Å². The summed E-state index contributed by atoms with van der Waals surface area (Å²) in [7, 11) is 1.27. The zero-order chi connectivity index (χ0) is 27.7. The fourth-order valence-corrected chi connectivity index (χ4v) is 4.04. The lowest BCUT2D eigenvalue weighted by Gasteiger charge is -2.46. The molecule has 10 unspecified atom stereocenters. The van der Waals surface area contributed by atoms with Gasteiger partial charge in [0.15, 0.2) is 12.6 Å². The van der Waals surface area contributed by atoms with Gasteiger partial charge in [-0.05, 0) is 20.3 Å². The molecular weight excluding hydrogens is 484 g/mol. The van der Waals surface area contributed by atoms with E-state index in [1.165, 1.54) is 27.9 Å². The number of nitrogens with one attached hydrogen (secondary N) is 1. The van der Waals surface area contributed by atoms with Crippen LogP contribution in [0.2, 0.25) is 0 Å².